The average molecular weight is 450 g/mol. The lowest BCUT2D eigenvalue weighted by atomic mass is 9.87. The molecule has 3 amide bonds. The largest absolute Gasteiger partial charge is 0.353 e. The van der Waals surface area contributed by atoms with Crippen LogP contribution in [0.15, 0.2) is 54.6 Å². The van der Waals surface area contributed by atoms with Crippen molar-refractivity contribution in [3.63, 3.8) is 0 Å². The molecule has 176 valence electrons. The lowest BCUT2D eigenvalue weighted by Gasteiger charge is -2.32. The Morgan fingerprint density at radius 2 is 1.58 bits per heavy atom. The van der Waals surface area contributed by atoms with Gasteiger partial charge in [-0.1, -0.05) is 63.2 Å². The number of benzene rings is 2. The highest BCUT2D eigenvalue weighted by molar-refractivity contribution is 5.96. The maximum absolute atomic E-state index is 12.5. The maximum atomic E-state index is 12.5. The maximum Gasteiger partial charge on any atom is 0.251 e. The molecule has 0 aliphatic carbocycles. The first-order valence-corrected chi connectivity index (χ1v) is 11.7. The molecule has 2 N–H and O–H groups in total. The summed E-state index contributed by atoms with van der Waals surface area (Å²) in [4.78, 5) is 38.9. The van der Waals surface area contributed by atoms with Crippen LogP contribution in [0, 0.1) is 0 Å². The van der Waals surface area contributed by atoms with Crippen LogP contribution in [-0.4, -0.2) is 48.3 Å². The van der Waals surface area contributed by atoms with Gasteiger partial charge in [-0.15, -0.1) is 0 Å². The van der Waals surface area contributed by atoms with Crippen LogP contribution in [0.1, 0.15) is 61.5 Å². The Morgan fingerprint density at radius 3 is 2.18 bits per heavy atom. The molecule has 6 nitrogen and oxygen atoms in total. The third kappa shape index (κ3) is 7.45. The van der Waals surface area contributed by atoms with E-state index >= 15 is 0 Å². The first kappa shape index (κ1) is 24.5. The van der Waals surface area contributed by atoms with Gasteiger partial charge >= 0.3 is 0 Å². The molecule has 0 spiro atoms. The molecule has 0 bridgehead atoms. The van der Waals surface area contributed by atoms with Gasteiger partial charge in [0.25, 0.3) is 5.91 Å². The zero-order chi connectivity index (χ0) is 23.8. The van der Waals surface area contributed by atoms with E-state index in [-0.39, 0.29) is 35.7 Å². The second kappa shape index (κ2) is 11.1. The van der Waals surface area contributed by atoms with E-state index in [0.29, 0.717) is 25.1 Å². The summed E-state index contributed by atoms with van der Waals surface area (Å²) in [5.74, 6) is -0.290. The fraction of sp³-hybridized carbons (Fsp3) is 0.444. The standard InChI is InChI=1S/C27H35N3O3/c1-27(2,3)22-12-10-21(11-13-22)26(33)28-19-25(32)30-17-15-23(16-18-30)29-24(31)14-9-20-7-5-4-6-8-20/h4-8,10-13,23H,9,14-19H2,1-3H3,(H,28,33)(H,29,31). The van der Waals surface area contributed by atoms with Crippen molar-refractivity contribution in [3.05, 3.63) is 71.3 Å². The smallest absolute Gasteiger partial charge is 0.251 e. The number of amides is 3. The molecule has 0 radical (unpaired) electrons. The third-order valence-corrected chi connectivity index (χ3v) is 6.11. The van der Waals surface area contributed by atoms with Gasteiger partial charge in [0.1, 0.15) is 0 Å². The van der Waals surface area contributed by atoms with E-state index in [4.69, 9.17) is 0 Å². The molecule has 3 rings (SSSR count). The summed E-state index contributed by atoms with van der Waals surface area (Å²) in [6.07, 6.45) is 2.64. The van der Waals surface area contributed by atoms with Crippen molar-refractivity contribution in [2.24, 2.45) is 0 Å². The number of nitrogens with zero attached hydrogens (tertiary/aromatic N) is 1. The summed E-state index contributed by atoms with van der Waals surface area (Å²) in [6.45, 7) is 7.52. The molecule has 1 aliphatic heterocycles. The Labute approximate surface area is 196 Å². The quantitative estimate of drug-likeness (QED) is 0.680. The minimum atomic E-state index is -0.246. The van der Waals surface area contributed by atoms with Crippen LogP contribution in [-0.2, 0) is 21.4 Å². The number of carbonyl (C=O) groups excluding carboxylic acids is 3. The highest BCUT2D eigenvalue weighted by Crippen LogP contribution is 2.22. The monoisotopic (exact) mass is 449 g/mol. The van der Waals surface area contributed by atoms with Crippen molar-refractivity contribution in [2.75, 3.05) is 19.6 Å². The molecule has 0 saturated carbocycles. The summed E-state index contributed by atoms with van der Waals surface area (Å²) in [7, 11) is 0. The van der Waals surface area contributed by atoms with E-state index in [0.717, 1.165) is 30.4 Å². The molecule has 0 atom stereocenters. The number of rotatable bonds is 7. The van der Waals surface area contributed by atoms with Crippen LogP contribution < -0.4 is 10.6 Å². The molecule has 1 aliphatic rings. The van der Waals surface area contributed by atoms with E-state index in [9.17, 15) is 14.4 Å². The predicted octanol–water partition coefficient (Wildman–Crippen LogP) is 3.45. The SMILES string of the molecule is CC(C)(C)c1ccc(C(=O)NCC(=O)N2CCC(NC(=O)CCc3ccccc3)CC2)cc1. The molecule has 1 saturated heterocycles. The van der Waals surface area contributed by atoms with Crippen LogP contribution >= 0.6 is 0 Å². The summed E-state index contributed by atoms with van der Waals surface area (Å²) >= 11 is 0. The van der Waals surface area contributed by atoms with Crippen LogP contribution in [0.2, 0.25) is 0 Å². The van der Waals surface area contributed by atoms with Gasteiger partial charge in [-0.05, 0) is 47.9 Å². The van der Waals surface area contributed by atoms with Crippen molar-refractivity contribution in [1.82, 2.24) is 15.5 Å². The Kier molecular flexibility index (Phi) is 8.26. The van der Waals surface area contributed by atoms with Gasteiger partial charge in [-0.2, -0.15) is 0 Å². The van der Waals surface area contributed by atoms with E-state index in [1.807, 2.05) is 42.5 Å². The van der Waals surface area contributed by atoms with Gasteiger partial charge in [-0.25, -0.2) is 0 Å². The summed E-state index contributed by atoms with van der Waals surface area (Å²) in [5, 5.41) is 5.82. The van der Waals surface area contributed by atoms with E-state index in [1.54, 1.807) is 17.0 Å². The number of likely N-dealkylation sites (tertiary alicyclic amines) is 1. The van der Waals surface area contributed by atoms with Gasteiger partial charge in [0.05, 0.1) is 6.54 Å². The van der Waals surface area contributed by atoms with E-state index in [1.165, 1.54) is 0 Å². The van der Waals surface area contributed by atoms with Crippen molar-refractivity contribution >= 4 is 17.7 Å². The Balaban J connectivity index is 1.36. The molecule has 2 aromatic rings. The lowest BCUT2D eigenvalue weighted by molar-refractivity contribution is -0.131. The van der Waals surface area contributed by atoms with Crippen molar-refractivity contribution in [3.8, 4) is 0 Å². The Morgan fingerprint density at radius 1 is 0.939 bits per heavy atom. The van der Waals surface area contributed by atoms with Gasteiger partial charge in [0.15, 0.2) is 0 Å². The highest BCUT2D eigenvalue weighted by atomic mass is 16.2. The third-order valence-electron chi connectivity index (χ3n) is 6.11. The van der Waals surface area contributed by atoms with Gasteiger partial charge in [0.2, 0.25) is 11.8 Å². The molecule has 0 aromatic heterocycles. The van der Waals surface area contributed by atoms with Crippen LogP contribution in [0.25, 0.3) is 0 Å². The van der Waals surface area contributed by atoms with E-state index < -0.39 is 0 Å². The first-order valence-electron chi connectivity index (χ1n) is 11.7. The number of carbonyl (C=O) groups is 3. The van der Waals surface area contributed by atoms with Crippen molar-refractivity contribution < 1.29 is 14.4 Å². The molecular formula is C27H35N3O3. The Hall–Kier alpha value is -3.15. The summed E-state index contributed by atoms with van der Waals surface area (Å²) in [6, 6.07) is 17.6. The van der Waals surface area contributed by atoms with Crippen molar-refractivity contribution in [2.45, 2.75) is 57.9 Å². The van der Waals surface area contributed by atoms with Crippen LogP contribution in [0.3, 0.4) is 0 Å². The Bertz CT molecular complexity index is 941. The highest BCUT2D eigenvalue weighted by Gasteiger charge is 2.24. The normalized spacial score (nSPS) is 14.6. The fourth-order valence-corrected chi connectivity index (χ4v) is 3.97. The van der Waals surface area contributed by atoms with Gasteiger partial charge in [-0.3, -0.25) is 14.4 Å². The van der Waals surface area contributed by atoms with Crippen LogP contribution in [0.4, 0.5) is 0 Å². The van der Waals surface area contributed by atoms with E-state index in [2.05, 4.69) is 31.4 Å². The lowest BCUT2D eigenvalue weighted by Crippen LogP contribution is -2.49. The zero-order valence-electron chi connectivity index (χ0n) is 19.9. The topological polar surface area (TPSA) is 78.5 Å². The predicted molar refractivity (Wildman–Crippen MR) is 130 cm³/mol. The van der Waals surface area contributed by atoms with Crippen molar-refractivity contribution in [1.29, 1.82) is 0 Å². The second-order valence-electron chi connectivity index (χ2n) is 9.72. The number of piperidine rings is 1. The molecule has 0 unspecified atom stereocenters. The molecule has 1 heterocycles. The van der Waals surface area contributed by atoms with Gasteiger partial charge < -0.3 is 15.5 Å². The number of nitrogens with one attached hydrogen (secondary N) is 2. The molecule has 33 heavy (non-hydrogen) atoms. The number of hydrogen-bond acceptors (Lipinski definition) is 3. The number of hydrogen-bond donors (Lipinski definition) is 2. The molecule has 6 heteroatoms. The summed E-state index contributed by atoms with van der Waals surface area (Å²) in [5.41, 5.74) is 2.89. The van der Waals surface area contributed by atoms with Crippen LogP contribution in [0.5, 0.6) is 0 Å². The minimum Gasteiger partial charge on any atom is -0.353 e. The van der Waals surface area contributed by atoms with Gasteiger partial charge in [0, 0.05) is 31.1 Å². The minimum absolute atomic E-state index is 0.0199. The molecule has 1 fully saturated rings. The fourth-order valence-electron chi connectivity index (χ4n) is 3.97. The molecule has 2 aromatic carbocycles. The molecular weight excluding hydrogens is 414 g/mol. The zero-order valence-corrected chi connectivity index (χ0v) is 19.9. The average Bonchev–Trinajstić information content (AvgIpc) is 2.81. The second-order valence-corrected chi connectivity index (χ2v) is 9.72. The number of aryl methyl sites for hydroxylation is 1. The summed E-state index contributed by atoms with van der Waals surface area (Å²) < 4.78 is 0. The first-order chi connectivity index (χ1) is 15.7.